The maximum atomic E-state index is 12.0. The van der Waals surface area contributed by atoms with Crippen molar-refractivity contribution in [3.05, 3.63) is 84.9 Å². The number of benzene rings is 4. The molecule has 0 amide bonds. The number of aromatic nitrogens is 1. The summed E-state index contributed by atoms with van der Waals surface area (Å²) in [5.74, 6) is -0.378. The number of fused-ring (bicyclic) bond motifs is 7. The molecule has 0 atom stereocenters. The third kappa shape index (κ3) is 2.40. The molecule has 4 aromatic carbocycles. The van der Waals surface area contributed by atoms with Crippen LogP contribution in [0.25, 0.3) is 43.4 Å². The fourth-order valence-corrected chi connectivity index (χ4v) is 4.01. The number of nitrogens with zero attached hydrogens (tertiary/aromatic N) is 1. The molecule has 136 valence electrons. The van der Waals surface area contributed by atoms with Gasteiger partial charge in [-0.1, -0.05) is 67.2 Å². The third-order valence-corrected chi connectivity index (χ3v) is 5.32. The third-order valence-electron chi connectivity index (χ3n) is 5.32. The van der Waals surface area contributed by atoms with E-state index in [2.05, 4.69) is 83.9 Å². The number of carbonyl (C=O) groups excluding carboxylic acids is 1. The Morgan fingerprint density at radius 1 is 0.821 bits per heavy atom. The normalized spacial score (nSPS) is 11.5. The molecule has 0 aliphatic rings. The second kappa shape index (κ2) is 6.24. The zero-order chi connectivity index (χ0) is 19.3. The molecule has 5 aromatic rings. The van der Waals surface area contributed by atoms with E-state index < -0.39 is 0 Å². The standard InChI is InChI=1S/C25H19NO2/c1-16(2)25(27)28-15-26-21-13-11-17-7-3-5-9-19(17)23(21)24-20-10-6-4-8-18(20)12-14-22(24)26/h3-14H,1,15H2,2H3. The van der Waals surface area contributed by atoms with Crippen LogP contribution in [0.3, 0.4) is 0 Å². The van der Waals surface area contributed by atoms with Crippen LogP contribution in [0, 0.1) is 0 Å². The first-order valence-corrected chi connectivity index (χ1v) is 9.29. The van der Waals surface area contributed by atoms with Gasteiger partial charge in [0.25, 0.3) is 0 Å². The smallest absolute Gasteiger partial charge is 0.334 e. The molecule has 3 heteroatoms. The average molecular weight is 365 g/mol. The molecule has 0 N–H and O–H groups in total. The summed E-state index contributed by atoms with van der Waals surface area (Å²) in [4.78, 5) is 12.0. The highest BCUT2D eigenvalue weighted by atomic mass is 16.5. The molecule has 0 aliphatic carbocycles. The quantitative estimate of drug-likeness (QED) is 0.282. The molecule has 0 bridgehead atoms. The van der Waals surface area contributed by atoms with Crippen LogP contribution in [0.15, 0.2) is 84.9 Å². The molecule has 0 unspecified atom stereocenters. The van der Waals surface area contributed by atoms with Crippen molar-refractivity contribution in [3.63, 3.8) is 0 Å². The molecule has 0 spiro atoms. The first kappa shape index (κ1) is 16.6. The van der Waals surface area contributed by atoms with Gasteiger partial charge in [0, 0.05) is 16.3 Å². The minimum Gasteiger partial charge on any atom is -0.441 e. The molecule has 1 heterocycles. The Bertz CT molecular complexity index is 1320. The molecule has 0 aliphatic heterocycles. The lowest BCUT2D eigenvalue weighted by atomic mass is 10.00. The van der Waals surface area contributed by atoms with Crippen LogP contribution in [-0.4, -0.2) is 10.5 Å². The van der Waals surface area contributed by atoms with Gasteiger partial charge in [0.2, 0.25) is 0 Å². The maximum Gasteiger partial charge on any atom is 0.334 e. The second-order valence-electron chi connectivity index (χ2n) is 7.13. The minimum atomic E-state index is -0.378. The van der Waals surface area contributed by atoms with Gasteiger partial charge in [0.05, 0.1) is 11.0 Å². The molecule has 0 radical (unpaired) electrons. The van der Waals surface area contributed by atoms with Crippen molar-refractivity contribution in [2.75, 3.05) is 0 Å². The lowest BCUT2D eigenvalue weighted by molar-refractivity contribution is -0.142. The highest BCUT2D eigenvalue weighted by Gasteiger charge is 2.16. The lowest BCUT2D eigenvalue weighted by Crippen LogP contribution is -2.09. The van der Waals surface area contributed by atoms with E-state index >= 15 is 0 Å². The largest absolute Gasteiger partial charge is 0.441 e. The Morgan fingerprint density at radius 2 is 1.32 bits per heavy atom. The molecular formula is C25H19NO2. The van der Waals surface area contributed by atoms with E-state index in [9.17, 15) is 4.79 Å². The summed E-state index contributed by atoms with van der Waals surface area (Å²) < 4.78 is 7.59. The predicted octanol–water partition coefficient (Wildman–Crippen LogP) is 6.18. The van der Waals surface area contributed by atoms with Gasteiger partial charge in [0.1, 0.15) is 0 Å². The van der Waals surface area contributed by atoms with Gasteiger partial charge in [-0.25, -0.2) is 4.79 Å². The maximum absolute atomic E-state index is 12.0. The summed E-state index contributed by atoms with van der Waals surface area (Å²) in [5, 5.41) is 7.17. The van der Waals surface area contributed by atoms with E-state index in [1.165, 1.54) is 32.3 Å². The Kier molecular flexibility index (Phi) is 3.69. The van der Waals surface area contributed by atoms with Crippen LogP contribution in [0.1, 0.15) is 6.92 Å². The van der Waals surface area contributed by atoms with Crippen LogP contribution in [0.2, 0.25) is 0 Å². The highest BCUT2D eigenvalue weighted by Crippen LogP contribution is 2.38. The van der Waals surface area contributed by atoms with Crippen molar-refractivity contribution in [3.8, 4) is 0 Å². The summed E-state index contributed by atoms with van der Waals surface area (Å²) in [6.07, 6.45) is 0. The van der Waals surface area contributed by atoms with Gasteiger partial charge in [-0.2, -0.15) is 0 Å². The van der Waals surface area contributed by atoms with E-state index in [-0.39, 0.29) is 12.7 Å². The van der Waals surface area contributed by atoms with Crippen LogP contribution < -0.4 is 0 Å². The first-order valence-electron chi connectivity index (χ1n) is 9.29. The fourth-order valence-electron chi connectivity index (χ4n) is 4.01. The summed E-state index contributed by atoms with van der Waals surface area (Å²) in [6, 6.07) is 25.3. The number of esters is 1. The predicted molar refractivity (Wildman–Crippen MR) is 115 cm³/mol. The summed E-state index contributed by atoms with van der Waals surface area (Å²) in [5.41, 5.74) is 2.51. The van der Waals surface area contributed by atoms with Gasteiger partial charge < -0.3 is 9.30 Å². The topological polar surface area (TPSA) is 31.2 Å². The van der Waals surface area contributed by atoms with Crippen LogP contribution >= 0.6 is 0 Å². The average Bonchev–Trinajstić information content (AvgIpc) is 3.06. The van der Waals surface area contributed by atoms with Crippen LogP contribution in [-0.2, 0) is 16.3 Å². The lowest BCUT2D eigenvalue weighted by Gasteiger charge is -2.09. The molecule has 0 saturated carbocycles. The Labute approximate surface area is 162 Å². The van der Waals surface area contributed by atoms with E-state index in [1.807, 2.05) is 0 Å². The highest BCUT2D eigenvalue weighted by molar-refractivity contribution is 6.27. The summed E-state index contributed by atoms with van der Waals surface area (Å²) in [7, 11) is 0. The number of hydrogen-bond donors (Lipinski definition) is 0. The van der Waals surface area contributed by atoms with E-state index in [1.54, 1.807) is 6.92 Å². The van der Waals surface area contributed by atoms with Crippen molar-refractivity contribution in [1.82, 2.24) is 4.57 Å². The van der Waals surface area contributed by atoms with Crippen molar-refractivity contribution >= 4 is 49.3 Å². The van der Waals surface area contributed by atoms with E-state index in [0.29, 0.717) is 5.57 Å². The van der Waals surface area contributed by atoms with Gasteiger partial charge in [-0.05, 0) is 40.6 Å². The van der Waals surface area contributed by atoms with Gasteiger partial charge >= 0.3 is 5.97 Å². The van der Waals surface area contributed by atoms with Gasteiger partial charge in [-0.3, -0.25) is 0 Å². The van der Waals surface area contributed by atoms with Crippen molar-refractivity contribution < 1.29 is 9.53 Å². The Balaban J connectivity index is 1.91. The molecule has 28 heavy (non-hydrogen) atoms. The summed E-state index contributed by atoms with van der Waals surface area (Å²) >= 11 is 0. The fraction of sp³-hybridized carbons (Fsp3) is 0.0800. The van der Waals surface area contributed by atoms with Gasteiger partial charge in [-0.15, -0.1) is 0 Å². The molecule has 3 nitrogen and oxygen atoms in total. The molecule has 0 fully saturated rings. The molecule has 1 aromatic heterocycles. The second-order valence-corrected chi connectivity index (χ2v) is 7.13. The zero-order valence-corrected chi connectivity index (χ0v) is 15.6. The Morgan fingerprint density at radius 3 is 1.82 bits per heavy atom. The van der Waals surface area contributed by atoms with Crippen LogP contribution in [0.5, 0.6) is 0 Å². The SMILES string of the molecule is C=C(C)C(=O)OCn1c2ccc3ccccc3c2c2c3ccccc3ccc21. The first-order chi connectivity index (χ1) is 13.6. The van der Waals surface area contributed by atoms with Crippen LogP contribution in [0.4, 0.5) is 0 Å². The molecule has 5 rings (SSSR count). The number of carbonyl (C=O) groups is 1. The van der Waals surface area contributed by atoms with E-state index in [0.717, 1.165) is 11.0 Å². The van der Waals surface area contributed by atoms with E-state index in [4.69, 9.17) is 4.74 Å². The minimum absolute atomic E-state index is 0.155. The van der Waals surface area contributed by atoms with Gasteiger partial charge in [0.15, 0.2) is 6.73 Å². The monoisotopic (exact) mass is 365 g/mol. The number of ether oxygens (including phenoxy) is 1. The van der Waals surface area contributed by atoms with Crippen molar-refractivity contribution in [2.24, 2.45) is 0 Å². The van der Waals surface area contributed by atoms with Crippen molar-refractivity contribution in [1.29, 1.82) is 0 Å². The zero-order valence-electron chi connectivity index (χ0n) is 15.6. The Hall–Kier alpha value is -3.59. The number of hydrogen-bond acceptors (Lipinski definition) is 2. The van der Waals surface area contributed by atoms with Crippen molar-refractivity contribution in [2.45, 2.75) is 13.7 Å². The summed E-state index contributed by atoms with van der Waals surface area (Å²) in [6.45, 7) is 5.49. The number of rotatable bonds is 3. The molecular weight excluding hydrogens is 346 g/mol. The molecule has 0 saturated heterocycles.